The Morgan fingerprint density at radius 3 is 2.50 bits per heavy atom. The maximum Gasteiger partial charge on any atom is 0.341 e. The Labute approximate surface area is 195 Å². The highest BCUT2D eigenvalue weighted by Crippen LogP contribution is 2.39. The van der Waals surface area contributed by atoms with Crippen LogP contribution in [0.15, 0.2) is 29.6 Å². The first-order valence-electron chi connectivity index (χ1n) is 9.98. The summed E-state index contributed by atoms with van der Waals surface area (Å²) in [6.07, 6.45) is 2.29. The van der Waals surface area contributed by atoms with Gasteiger partial charge < -0.3 is 20.1 Å². The highest BCUT2D eigenvalue weighted by atomic mass is 35.5. The smallest absolute Gasteiger partial charge is 0.341 e. The highest BCUT2D eigenvalue weighted by molar-refractivity contribution is 7.15. The van der Waals surface area contributed by atoms with Gasteiger partial charge in [-0.3, -0.25) is 14.4 Å². The molecule has 2 amide bonds. The van der Waals surface area contributed by atoms with Crippen LogP contribution in [0.2, 0.25) is 5.02 Å². The van der Waals surface area contributed by atoms with Crippen molar-refractivity contribution in [1.82, 2.24) is 5.32 Å². The van der Waals surface area contributed by atoms with Crippen LogP contribution in [0.3, 0.4) is 0 Å². The summed E-state index contributed by atoms with van der Waals surface area (Å²) in [6, 6.07) is 7.03. The number of nitrogens with one attached hydrogen (secondary N) is 2. The standard InChI is InChI=1S/C22H25ClN2O6S/c1-14(26)24-11-7-3-4-10-19(28)31-12-18(27)25-21-20(22(29)30-2)16(13-32-21)15-8-5-6-9-17(15)23/h5-6,8-9,13H,3-4,7,10-12H2,1-2H3,(H,24,26)(H,25,27). The molecule has 2 rings (SSSR count). The molecule has 1 heterocycles. The SMILES string of the molecule is COC(=O)c1c(-c2ccccc2Cl)csc1NC(=O)COC(=O)CCCCCNC(C)=O. The molecule has 0 unspecified atom stereocenters. The number of anilines is 1. The summed E-state index contributed by atoms with van der Waals surface area (Å²) in [5, 5.41) is 7.73. The molecule has 0 atom stereocenters. The van der Waals surface area contributed by atoms with Crippen molar-refractivity contribution in [3.8, 4) is 11.1 Å². The molecule has 0 fully saturated rings. The van der Waals surface area contributed by atoms with Crippen molar-refractivity contribution < 1.29 is 28.7 Å². The van der Waals surface area contributed by atoms with Crippen LogP contribution in [0, 0.1) is 0 Å². The van der Waals surface area contributed by atoms with Crippen LogP contribution in [0.1, 0.15) is 43.0 Å². The Hall–Kier alpha value is -2.91. The zero-order valence-corrected chi connectivity index (χ0v) is 19.4. The number of hydrogen-bond donors (Lipinski definition) is 2. The molecule has 2 aromatic rings. The number of thiophene rings is 1. The summed E-state index contributed by atoms with van der Waals surface area (Å²) < 4.78 is 9.87. The molecule has 0 aliphatic heterocycles. The van der Waals surface area contributed by atoms with Gasteiger partial charge in [0.2, 0.25) is 5.91 Å². The fraction of sp³-hybridized carbons (Fsp3) is 0.364. The number of halogens is 1. The van der Waals surface area contributed by atoms with E-state index in [0.717, 1.165) is 24.2 Å². The maximum absolute atomic E-state index is 12.4. The first-order valence-corrected chi connectivity index (χ1v) is 11.2. The molecule has 1 aromatic heterocycles. The van der Waals surface area contributed by atoms with Gasteiger partial charge in [-0.05, 0) is 18.9 Å². The van der Waals surface area contributed by atoms with Crippen molar-refractivity contribution >= 4 is 51.7 Å². The van der Waals surface area contributed by atoms with E-state index >= 15 is 0 Å². The summed E-state index contributed by atoms with van der Waals surface area (Å²) in [7, 11) is 1.25. The van der Waals surface area contributed by atoms with E-state index in [1.165, 1.54) is 14.0 Å². The van der Waals surface area contributed by atoms with E-state index in [1.54, 1.807) is 29.6 Å². The first kappa shape index (κ1) is 25.4. The van der Waals surface area contributed by atoms with E-state index in [0.29, 0.717) is 29.1 Å². The Morgan fingerprint density at radius 2 is 1.81 bits per heavy atom. The number of carbonyl (C=O) groups excluding carboxylic acids is 4. The second-order valence-corrected chi connectivity index (χ2v) is 8.11. The van der Waals surface area contributed by atoms with Crippen LogP contribution < -0.4 is 10.6 Å². The summed E-state index contributed by atoms with van der Waals surface area (Å²) in [5.74, 6) is -1.76. The molecule has 0 spiro atoms. The molecule has 0 saturated heterocycles. The summed E-state index contributed by atoms with van der Waals surface area (Å²) in [4.78, 5) is 47.2. The maximum atomic E-state index is 12.4. The van der Waals surface area contributed by atoms with E-state index in [2.05, 4.69) is 10.6 Å². The lowest BCUT2D eigenvalue weighted by Crippen LogP contribution is -2.22. The molecule has 32 heavy (non-hydrogen) atoms. The molecular formula is C22H25ClN2O6S. The third-order valence-corrected chi connectivity index (χ3v) is 5.62. The van der Waals surface area contributed by atoms with E-state index in [-0.39, 0.29) is 22.9 Å². The number of ether oxygens (including phenoxy) is 2. The van der Waals surface area contributed by atoms with Crippen LogP contribution in [-0.4, -0.2) is 44.0 Å². The molecular weight excluding hydrogens is 456 g/mol. The lowest BCUT2D eigenvalue weighted by molar-refractivity contribution is -0.147. The minimum absolute atomic E-state index is 0.0875. The average molecular weight is 481 g/mol. The number of hydrogen-bond acceptors (Lipinski definition) is 7. The van der Waals surface area contributed by atoms with Gasteiger partial charge in [-0.2, -0.15) is 0 Å². The molecule has 0 bridgehead atoms. The quantitative estimate of drug-likeness (QED) is 0.371. The van der Waals surface area contributed by atoms with Crippen molar-refractivity contribution in [3.05, 3.63) is 40.2 Å². The van der Waals surface area contributed by atoms with Crippen LogP contribution in [0.4, 0.5) is 5.00 Å². The third kappa shape index (κ3) is 7.65. The van der Waals surface area contributed by atoms with E-state index in [1.807, 2.05) is 0 Å². The zero-order chi connectivity index (χ0) is 23.5. The molecule has 1 aromatic carbocycles. The second kappa shape index (κ2) is 12.8. The fourth-order valence-electron chi connectivity index (χ4n) is 2.85. The summed E-state index contributed by atoms with van der Waals surface area (Å²) in [6.45, 7) is 1.54. The van der Waals surface area contributed by atoms with Gasteiger partial charge in [0.25, 0.3) is 5.91 Å². The van der Waals surface area contributed by atoms with Crippen LogP contribution >= 0.6 is 22.9 Å². The number of esters is 2. The highest BCUT2D eigenvalue weighted by Gasteiger charge is 2.23. The first-order chi connectivity index (χ1) is 15.3. The molecule has 0 radical (unpaired) electrons. The van der Waals surface area contributed by atoms with Gasteiger partial charge in [-0.15, -0.1) is 11.3 Å². The number of rotatable bonds is 11. The lowest BCUT2D eigenvalue weighted by Gasteiger charge is -2.09. The zero-order valence-electron chi connectivity index (χ0n) is 17.9. The minimum atomic E-state index is -0.618. The number of unbranched alkanes of at least 4 members (excludes halogenated alkanes) is 2. The predicted octanol–water partition coefficient (Wildman–Crippen LogP) is 4.03. The van der Waals surface area contributed by atoms with Gasteiger partial charge >= 0.3 is 11.9 Å². The average Bonchev–Trinajstić information content (AvgIpc) is 3.17. The summed E-state index contributed by atoms with van der Waals surface area (Å²) >= 11 is 7.40. The van der Waals surface area contributed by atoms with Gasteiger partial charge in [0, 0.05) is 41.4 Å². The second-order valence-electron chi connectivity index (χ2n) is 6.83. The van der Waals surface area contributed by atoms with Crippen molar-refractivity contribution in [3.63, 3.8) is 0 Å². The Morgan fingerprint density at radius 1 is 1.06 bits per heavy atom. The molecule has 0 aliphatic rings. The van der Waals surface area contributed by atoms with E-state index in [4.69, 9.17) is 21.1 Å². The number of carbonyl (C=O) groups is 4. The molecule has 10 heteroatoms. The normalized spacial score (nSPS) is 10.3. The number of benzene rings is 1. The lowest BCUT2D eigenvalue weighted by atomic mass is 10.0. The van der Waals surface area contributed by atoms with Gasteiger partial charge in [0.05, 0.1) is 7.11 Å². The molecule has 8 nitrogen and oxygen atoms in total. The third-order valence-electron chi connectivity index (χ3n) is 4.39. The van der Waals surface area contributed by atoms with Gasteiger partial charge in [0.1, 0.15) is 10.6 Å². The number of amides is 2. The Bertz CT molecular complexity index is 975. The van der Waals surface area contributed by atoms with E-state index < -0.39 is 24.5 Å². The van der Waals surface area contributed by atoms with Crippen molar-refractivity contribution in [1.29, 1.82) is 0 Å². The Balaban J connectivity index is 1.90. The van der Waals surface area contributed by atoms with Crippen LogP contribution in [-0.2, 0) is 23.9 Å². The van der Waals surface area contributed by atoms with Crippen molar-refractivity contribution in [2.24, 2.45) is 0 Å². The molecule has 0 aliphatic carbocycles. The largest absolute Gasteiger partial charge is 0.465 e. The summed E-state index contributed by atoms with van der Waals surface area (Å²) in [5.41, 5.74) is 1.36. The van der Waals surface area contributed by atoms with Crippen LogP contribution in [0.25, 0.3) is 11.1 Å². The molecule has 172 valence electrons. The van der Waals surface area contributed by atoms with Crippen molar-refractivity contribution in [2.45, 2.75) is 32.6 Å². The van der Waals surface area contributed by atoms with Crippen molar-refractivity contribution in [2.75, 3.05) is 25.6 Å². The number of methoxy groups -OCH3 is 1. The van der Waals surface area contributed by atoms with E-state index in [9.17, 15) is 19.2 Å². The molecule has 2 N–H and O–H groups in total. The molecule has 0 saturated carbocycles. The van der Waals surface area contributed by atoms with Gasteiger partial charge in [-0.1, -0.05) is 36.2 Å². The minimum Gasteiger partial charge on any atom is -0.465 e. The Kier molecular flexibility index (Phi) is 10.2. The van der Waals surface area contributed by atoms with Gasteiger partial charge in [-0.25, -0.2) is 4.79 Å². The monoisotopic (exact) mass is 480 g/mol. The topological polar surface area (TPSA) is 111 Å². The predicted molar refractivity (Wildman–Crippen MR) is 123 cm³/mol. The van der Waals surface area contributed by atoms with Gasteiger partial charge in [0.15, 0.2) is 6.61 Å². The van der Waals surface area contributed by atoms with Crippen LogP contribution in [0.5, 0.6) is 0 Å². The fourth-order valence-corrected chi connectivity index (χ4v) is 4.05.